The maximum atomic E-state index is 12.4. The van der Waals surface area contributed by atoms with Crippen molar-refractivity contribution in [1.82, 2.24) is 10.2 Å². The lowest BCUT2D eigenvalue weighted by molar-refractivity contribution is -0.121. The Hall–Kier alpha value is -0.810. The van der Waals surface area contributed by atoms with Crippen LogP contribution in [-0.4, -0.2) is 37.5 Å². The highest BCUT2D eigenvalue weighted by Crippen LogP contribution is 2.20. The first-order chi connectivity index (χ1) is 9.70. The monoisotopic (exact) mass is 347 g/mol. The largest absolute Gasteiger partial charge is 0.326 e. The Labute approximate surface area is 145 Å². The van der Waals surface area contributed by atoms with Crippen LogP contribution in [-0.2, 0) is 11.3 Å². The maximum absolute atomic E-state index is 12.4. The third-order valence-corrected chi connectivity index (χ3v) is 3.93. The first kappa shape index (κ1) is 21.2. The highest BCUT2D eigenvalue weighted by molar-refractivity contribution is 5.93. The lowest BCUT2D eigenvalue weighted by Gasteiger charge is -2.28. The number of benzene rings is 1. The van der Waals surface area contributed by atoms with E-state index in [0.717, 1.165) is 50.3 Å². The molecule has 1 aliphatic heterocycles. The summed E-state index contributed by atoms with van der Waals surface area (Å²) < 4.78 is 0. The number of carbonyl (C=O) groups excluding carboxylic acids is 1. The molecule has 0 spiro atoms. The van der Waals surface area contributed by atoms with Gasteiger partial charge in [0.05, 0.1) is 0 Å². The summed E-state index contributed by atoms with van der Waals surface area (Å²) in [5, 5.41) is 6.41. The van der Waals surface area contributed by atoms with Crippen molar-refractivity contribution < 1.29 is 4.79 Å². The first-order valence-electron chi connectivity index (χ1n) is 7.48. The summed E-state index contributed by atoms with van der Waals surface area (Å²) in [4.78, 5) is 14.6. The summed E-state index contributed by atoms with van der Waals surface area (Å²) in [6.07, 6.45) is 1.91. The average molecular weight is 348 g/mol. The van der Waals surface area contributed by atoms with Gasteiger partial charge in [-0.2, -0.15) is 0 Å². The highest BCUT2D eigenvalue weighted by atomic mass is 35.5. The van der Waals surface area contributed by atoms with E-state index in [1.807, 2.05) is 18.2 Å². The van der Waals surface area contributed by atoms with E-state index in [9.17, 15) is 4.79 Å². The molecule has 0 unspecified atom stereocenters. The number of halogens is 2. The van der Waals surface area contributed by atoms with Gasteiger partial charge in [0, 0.05) is 18.2 Å². The molecular formula is C16H27Cl2N3O. The molecule has 0 saturated carbocycles. The molecule has 1 heterocycles. The number of carbonyl (C=O) groups is 1. The molecule has 126 valence electrons. The number of rotatable bonds is 5. The van der Waals surface area contributed by atoms with Crippen molar-refractivity contribution in [2.75, 3.05) is 32.0 Å². The van der Waals surface area contributed by atoms with Gasteiger partial charge in [0.1, 0.15) is 0 Å². The van der Waals surface area contributed by atoms with Crippen LogP contribution in [0.4, 0.5) is 5.69 Å². The van der Waals surface area contributed by atoms with E-state index in [4.69, 9.17) is 0 Å². The Morgan fingerprint density at radius 2 is 1.86 bits per heavy atom. The van der Waals surface area contributed by atoms with E-state index in [-0.39, 0.29) is 36.6 Å². The predicted molar refractivity (Wildman–Crippen MR) is 97.2 cm³/mol. The molecule has 0 aliphatic carbocycles. The molecule has 0 bridgehead atoms. The molecule has 1 aliphatic rings. The summed E-state index contributed by atoms with van der Waals surface area (Å²) in [5.74, 6) is 0.320. The second kappa shape index (κ2) is 10.8. The van der Waals surface area contributed by atoms with Crippen LogP contribution in [0.25, 0.3) is 0 Å². The van der Waals surface area contributed by atoms with E-state index in [0.29, 0.717) is 0 Å². The quantitative estimate of drug-likeness (QED) is 0.860. The molecule has 1 aromatic rings. The molecule has 1 aromatic carbocycles. The summed E-state index contributed by atoms with van der Waals surface area (Å²) in [5.41, 5.74) is 2.09. The van der Waals surface area contributed by atoms with Crippen LogP contribution >= 0.6 is 24.8 Å². The van der Waals surface area contributed by atoms with Crippen molar-refractivity contribution in [3.8, 4) is 0 Å². The van der Waals surface area contributed by atoms with E-state index in [1.54, 1.807) is 0 Å². The van der Waals surface area contributed by atoms with Crippen LogP contribution in [0.5, 0.6) is 0 Å². The van der Waals surface area contributed by atoms with Gasteiger partial charge in [0.2, 0.25) is 5.91 Å². The van der Waals surface area contributed by atoms with Crippen molar-refractivity contribution >= 4 is 36.4 Å². The van der Waals surface area contributed by atoms with E-state index >= 15 is 0 Å². The average Bonchev–Trinajstić information content (AvgIpc) is 2.47. The number of likely N-dealkylation sites (tertiary alicyclic amines) is 1. The summed E-state index contributed by atoms with van der Waals surface area (Å²) in [6.45, 7) is 5.82. The van der Waals surface area contributed by atoms with Gasteiger partial charge in [-0.15, -0.1) is 24.8 Å². The topological polar surface area (TPSA) is 44.4 Å². The van der Waals surface area contributed by atoms with Gasteiger partial charge in [-0.25, -0.2) is 0 Å². The number of amides is 1. The fraction of sp³-hybridized carbons (Fsp3) is 0.562. The molecule has 1 fully saturated rings. The van der Waals surface area contributed by atoms with Crippen molar-refractivity contribution in [2.24, 2.45) is 5.92 Å². The number of para-hydroxylation sites is 1. The minimum Gasteiger partial charge on any atom is -0.326 e. The van der Waals surface area contributed by atoms with Gasteiger partial charge in [0.15, 0.2) is 0 Å². The summed E-state index contributed by atoms with van der Waals surface area (Å²) >= 11 is 0. The third-order valence-electron chi connectivity index (χ3n) is 3.93. The molecule has 4 nitrogen and oxygen atoms in total. The third kappa shape index (κ3) is 6.13. The van der Waals surface area contributed by atoms with E-state index < -0.39 is 0 Å². The summed E-state index contributed by atoms with van der Waals surface area (Å²) in [7, 11) is 2.11. The second-order valence-corrected chi connectivity index (χ2v) is 5.50. The van der Waals surface area contributed by atoms with Gasteiger partial charge in [-0.1, -0.05) is 25.1 Å². The number of piperidine rings is 1. The second-order valence-electron chi connectivity index (χ2n) is 5.50. The number of hydrogen-bond acceptors (Lipinski definition) is 3. The van der Waals surface area contributed by atoms with Crippen molar-refractivity contribution in [2.45, 2.75) is 26.3 Å². The smallest absolute Gasteiger partial charge is 0.227 e. The van der Waals surface area contributed by atoms with Crippen LogP contribution in [0.15, 0.2) is 24.3 Å². The van der Waals surface area contributed by atoms with Gasteiger partial charge < -0.3 is 15.5 Å². The Kier molecular flexibility index (Phi) is 10.4. The van der Waals surface area contributed by atoms with E-state index in [1.165, 1.54) is 0 Å². The first-order valence-corrected chi connectivity index (χ1v) is 7.48. The molecule has 1 amide bonds. The lowest BCUT2D eigenvalue weighted by Crippen LogP contribution is -2.36. The predicted octanol–water partition coefficient (Wildman–Crippen LogP) is 2.92. The number of nitrogens with zero attached hydrogens (tertiary/aromatic N) is 1. The Morgan fingerprint density at radius 1 is 1.23 bits per heavy atom. The number of anilines is 1. The van der Waals surface area contributed by atoms with Gasteiger partial charge in [-0.3, -0.25) is 4.79 Å². The van der Waals surface area contributed by atoms with Crippen LogP contribution in [0.1, 0.15) is 25.3 Å². The van der Waals surface area contributed by atoms with Gasteiger partial charge >= 0.3 is 0 Å². The minimum absolute atomic E-state index is 0. The molecule has 0 atom stereocenters. The molecular weight excluding hydrogens is 321 g/mol. The Bertz CT molecular complexity index is 449. The van der Waals surface area contributed by atoms with Crippen LogP contribution in [0.2, 0.25) is 0 Å². The molecule has 0 aromatic heterocycles. The zero-order valence-electron chi connectivity index (χ0n) is 13.3. The maximum Gasteiger partial charge on any atom is 0.227 e. The van der Waals surface area contributed by atoms with E-state index in [2.05, 4.69) is 35.6 Å². The Morgan fingerprint density at radius 3 is 2.50 bits per heavy atom. The highest BCUT2D eigenvalue weighted by Gasteiger charge is 2.23. The standard InChI is InChI=1S/C16H25N3O.2ClH/c1-3-17-12-14-6-4-5-7-15(14)18-16(20)13-8-10-19(2)11-9-13;;/h4-7,13,17H,3,8-12H2,1-2H3,(H,18,20);2*1H. The zero-order valence-corrected chi connectivity index (χ0v) is 14.9. The van der Waals surface area contributed by atoms with Crippen molar-refractivity contribution in [1.29, 1.82) is 0 Å². The summed E-state index contributed by atoms with van der Waals surface area (Å²) in [6, 6.07) is 8.03. The lowest BCUT2D eigenvalue weighted by atomic mass is 9.96. The fourth-order valence-electron chi connectivity index (χ4n) is 2.56. The normalized spacial score (nSPS) is 15.5. The zero-order chi connectivity index (χ0) is 14.4. The molecule has 2 N–H and O–H groups in total. The minimum atomic E-state index is 0. The number of nitrogens with one attached hydrogen (secondary N) is 2. The molecule has 22 heavy (non-hydrogen) atoms. The molecule has 2 rings (SSSR count). The van der Waals surface area contributed by atoms with Crippen molar-refractivity contribution in [3.63, 3.8) is 0 Å². The van der Waals surface area contributed by atoms with Crippen molar-refractivity contribution in [3.05, 3.63) is 29.8 Å². The molecule has 1 saturated heterocycles. The SMILES string of the molecule is CCNCc1ccccc1NC(=O)C1CCN(C)CC1.Cl.Cl. The van der Waals surface area contributed by atoms with Crippen LogP contribution in [0.3, 0.4) is 0 Å². The van der Waals surface area contributed by atoms with Gasteiger partial charge in [0.25, 0.3) is 0 Å². The van der Waals surface area contributed by atoms with Gasteiger partial charge in [-0.05, 0) is 51.2 Å². The fourth-order valence-corrected chi connectivity index (χ4v) is 2.56. The molecule has 0 radical (unpaired) electrons. The van der Waals surface area contributed by atoms with Crippen LogP contribution in [0, 0.1) is 5.92 Å². The Balaban J connectivity index is 0.00000220. The van der Waals surface area contributed by atoms with Crippen LogP contribution < -0.4 is 10.6 Å². The molecule has 6 heteroatoms. The number of hydrogen-bond donors (Lipinski definition) is 2.